The van der Waals surface area contributed by atoms with Crippen LogP contribution in [0.5, 0.6) is 0 Å². The third-order valence-corrected chi connectivity index (χ3v) is 5.47. The van der Waals surface area contributed by atoms with Gasteiger partial charge in [-0.25, -0.2) is 9.67 Å². The number of benzene rings is 2. The number of rotatable bonds is 4. The highest BCUT2D eigenvalue weighted by molar-refractivity contribution is 7.22. The van der Waals surface area contributed by atoms with Crippen molar-refractivity contribution in [2.75, 3.05) is 5.32 Å². The molecule has 136 valence electrons. The maximum absolute atomic E-state index is 12.4. The van der Waals surface area contributed by atoms with Crippen molar-refractivity contribution in [2.45, 2.75) is 26.8 Å². The molecule has 2 heterocycles. The van der Waals surface area contributed by atoms with Crippen molar-refractivity contribution in [1.82, 2.24) is 20.0 Å². The molecule has 0 aliphatic carbocycles. The van der Waals surface area contributed by atoms with E-state index >= 15 is 0 Å². The molecule has 0 unspecified atom stereocenters. The van der Waals surface area contributed by atoms with Crippen LogP contribution in [0.25, 0.3) is 21.1 Å². The van der Waals surface area contributed by atoms with Crippen molar-refractivity contribution in [3.05, 3.63) is 57.9 Å². The molecule has 2 aromatic carbocycles. The molecule has 27 heavy (non-hydrogen) atoms. The second-order valence-corrected chi connectivity index (χ2v) is 7.33. The first kappa shape index (κ1) is 17.3. The van der Waals surface area contributed by atoms with Gasteiger partial charge in [-0.15, -0.1) is 5.10 Å². The lowest BCUT2D eigenvalue weighted by Gasteiger charge is -2.04. The molecule has 1 N–H and O–H groups in total. The van der Waals surface area contributed by atoms with Gasteiger partial charge in [-0.2, -0.15) is 0 Å². The van der Waals surface area contributed by atoms with E-state index < -0.39 is 0 Å². The lowest BCUT2D eigenvalue weighted by molar-refractivity contribution is -0.116. The van der Waals surface area contributed by atoms with Crippen LogP contribution in [0.15, 0.2) is 41.2 Å². The number of amides is 1. The van der Waals surface area contributed by atoms with E-state index in [1.165, 1.54) is 16.0 Å². The minimum absolute atomic E-state index is 0.112. The maximum atomic E-state index is 12.4. The van der Waals surface area contributed by atoms with Gasteiger partial charge in [0, 0.05) is 6.42 Å². The van der Waals surface area contributed by atoms with Crippen molar-refractivity contribution < 1.29 is 4.79 Å². The Morgan fingerprint density at radius 3 is 2.74 bits per heavy atom. The first-order chi connectivity index (χ1) is 13.0. The zero-order valence-electron chi connectivity index (χ0n) is 14.9. The Labute approximate surface area is 158 Å². The number of aryl methyl sites for hydroxylation is 3. The zero-order valence-corrected chi connectivity index (χ0v) is 15.7. The number of nitrogens with one attached hydrogen (secondary N) is 1. The Kier molecular flexibility index (Phi) is 4.41. The average Bonchev–Trinajstić information content (AvgIpc) is 3.09. The van der Waals surface area contributed by atoms with Crippen LogP contribution in [-0.2, 0) is 11.3 Å². The van der Waals surface area contributed by atoms with Crippen LogP contribution < -0.4 is 10.9 Å². The number of hydrogen-bond donors (Lipinski definition) is 1. The summed E-state index contributed by atoms with van der Waals surface area (Å²) in [6.45, 7) is 4.18. The largest absolute Gasteiger partial charge is 0.302 e. The molecule has 2 aromatic heterocycles. The molecule has 0 aliphatic rings. The molecule has 4 rings (SSSR count). The number of anilines is 1. The van der Waals surface area contributed by atoms with Crippen LogP contribution in [0.1, 0.15) is 17.5 Å². The molecule has 0 saturated heterocycles. The highest BCUT2D eigenvalue weighted by atomic mass is 32.1. The smallest absolute Gasteiger partial charge is 0.277 e. The second kappa shape index (κ2) is 6.88. The van der Waals surface area contributed by atoms with Crippen LogP contribution in [-0.4, -0.2) is 25.9 Å². The maximum Gasteiger partial charge on any atom is 0.277 e. The number of nitrogens with zero attached hydrogens (tertiary/aromatic N) is 4. The summed E-state index contributed by atoms with van der Waals surface area (Å²) in [4.78, 5) is 29.2. The van der Waals surface area contributed by atoms with Gasteiger partial charge >= 0.3 is 0 Å². The molecule has 7 nitrogen and oxygen atoms in total. The number of aromatic nitrogens is 4. The fourth-order valence-corrected chi connectivity index (χ4v) is 3.90. The molecular weight excluding hydrogens is 362 g/mol. The summed E-state index contributed by atoms with van der Waals surface area (Å²) in [6, 6.07) is 11.1. The SMILES string of the molecule is Cc1ccc(C)c2sc(NC(=O)CCn3nnc4ccccc4c3=O)nc12. The van der Waals surface area contributed by atoms with E-state index in [9.17, 15) is 9.59 Å². The Morgan fingerprint density at radius 2 is 1.93 bits per heavy atom. The molecule has 0 saturated carbocycles. The number of carbonyl (C=O) groups excluding carboxylic acids is 1. The van der Waals surface area contributed by atoms with Gasteiger partial charge in [-0.3, -0.25) is 9.59 Å². The minimum Gasteiger partial charge on any atom is -0.302 e. The molecule has 0 radical (unpaired) electrons. The summed E-state index contributed by atoms with van der Waals surface area (Å²) in [5, 5.41) is 11.8. The van der Waals surface area contributed by atoms with Gasteiger partial charge in [0.15, 0.2) is 5.13 Å². The van der Waals surface area contributed by atoms with Gasteiger partial charge < -0.3 is 5.32 Å². The van der Waals surface area contributed by atoms with Crippen molar-refractivity contribution in [2.24, 2.45) is 0 Å². The van der Waals surface area contributed by atoms with E-state index in [1.54, 1.807) is 24.3 Å². The highest BCUT2D eigenvalue weighted by Gasteiger charge is 2.12. The van der Waals surface area contributed by atoms with Crippen LogP contribution in [0, 0.1) is 13.8 Å². The first-order valence-electron chi connectivity index (χ1n) is 8.52. The fourth-order valence-electron chi connectivity index (χ4n) is 2.87. The monoisotopic (exact) mass is 379 g/mol. The fraction of sp³-hybridized carbons (Fsp3) is 0.211. The first-order valence-corrected chi connectivity index (χ1v) is 9.34. The quantitative estimate of drug-likeness (QED) is 0.589. The summed E-state index contributed by atoms with van der Waals surface area (Å²) in [7, 11) is 0. The Hall–Kier alpha value is -3.13. The Balaban J connectivity index is 1.49. The van der Waals surface area contributed by atoms with Crippen molar-refractivity contribution in [3.8, 4) is 0 Å². The van der Waals surface area contributed by atoms with Gasteiger partial charge in [-0.05, 0) is 37.1 Å². The lowest BCUT2D eigenvalue weighted by atomic mass is 10.1. The van der Waals surface area contributed by atoms with E-state index in [0.717, 1.165) is 21.3 Å². The molecule has 0 fully saturated rings. The van der Waals surface area contributed by atoms with E-state index in [-0.39, 0.29) is 24.4 Å². The Morgan fingerprint density at radius 1 is 1.15 bits per heavy atom. The molecule has 0 bridgehead atoms. The standard InChI is InChI=1S/C19H17N5O2S/c1-11-7-8-12(2)17-16(11)21-19(27-17)20-15(25)9-10-24-18(26)13-5-3-4-6-14(13)22-23-24/h3-8H,9-10H2,1-2H3,(H,20,21,25). The number of thiazole rings is 1. The Bertz CT molecular complexity index is 1190. The van der Waals surface area contributed by atoms with Gasteiger partial charge in [-0.1, -0.05) is 40.8 Å². The summed E-state index contributed by atoms with van der Waals surface area (Å²) in [6.07, 6.45) is 0.112. The molecular formula is C19H17N5O2S. The molecule has 4 aromatic rings. The van der Waals surface area contributed by atoms with Gasteiger partial charge in [0.2, 0.25) is 5.91 Å². The molecule has 0 atom stereocenters. The van der Waals surface area contributed by atoms with Crippen molar-refractivity contribution in [1.29, 1.82) is 0 Å². The number of hydrogen-bond acceptors (Lipinski definition) is 6. The molecule has 0 spiro atoms. The zero-order chi connectivity index (χ0) is 19.0. The predicted octanol–water partition coefficient (Wildman–Crippen LogP) is 3.05. The van der Waals surface area contributed by atoms with Crippen molar-refractivity contribution >= 4 is 43.5 Å². The third kappa shape index (κ3) is 3.31. The summed E-state index contributed by atoms with van der Waals surface area (Å²) < 4.78 is 2.29. The van der Waals surface area contributed by atoms with Crippen molar-refractivity contribution in [3.63, 3.8) is 0 Å². The van der Waals surface area contributed by atoms with Crippen LogP contribution >= 0.6 is 11.3 Å². The normalized spacial score (nSPS) is 11.2. The molecule has 1 amide bonds. The number of carbonyl (C=O) groups is 1. The molecule has 0 aliphatic heterocycles. The predicted molar refractivity (Wildman–Crippen MR) is 106 cm³/mol. The van der Waals surface area contributed by atoms with Gasteiger partial charge in [0.1, 0.15) is 5.52 Å². The highest BCUT2D eigenvalue weighted by Crippen LogP contribution is 2.30. The minimum atomic E-state index is -0.250. The van der Waals surface area contributed by atoms with Gasteiger partial charge in [0.25, 0.3) is 5.56 Å². The lowest BCUT2D eigenvalue weighted by Crippen LogP contribution is -2.26. The van der Waals surface area contributed by atoms with Crippen LogP contribution in [0.2, 0.25) is 0 Å². The summed E-state index contributed by atoms with van der Waals surface area (Å²) in [5.41, 5.74) is 3.41. The van der Waals surface area contributed by atoms with Crippen LogP contribution in [0.4, 0.5) is 5.13 Å². The third-order valence-electron chi connectivity index (χ3n) is 4.37. The molecule has 8 heteroatoms. The topological polar surface area (TPSA) is 89.8 Å². The van der Waals surface area contributed by atoms with E-state index in [4.69, 9.17) is 0 Å². The van der Waals surface area contributed by atoms with Crippen LogP contribution in [0.3, 0.4) is 0 Å². The summed E-state index contributed by atoms with van der Waals surface area (Å²) in [5.74, 6) is -0.216. The average molecular weight is 379 g/mol. The van der Waals surface area contributed by atoms with E-state index in [2.05, 4.69) is 20.6 Å². The van der Waals surface area contributed by atoms with Gasteiger partial charge in [0.05, 0.1) is 22.1 Å². The summed E-state index contributed by atoms with van der Waals surface area (Å²) >= 11 is 1.45. The second-order valence-electron chi connectivity index (χ2n) is 6.33. The number of fused-ring (bicyclic) bond motifs is 2. The van der Waals surface area contributed by atoms with E-state index in [1.807, 2.05) is 26.0 Å². The van der Waals surface area contributed by atoms with E-state index in [0.29, 0.717) is 16.0 Å².